The maximum atomic E-state index is 12.4. The lowest BCUT2D eigenvalue weighted by Gasteiger charge is -2.18. The zero-order valence-corrected chi connectivity index (χ0v) is 17.3. The van der Waals surface area contributed by atoms with Crippen LogP contribution in [0.5, 0.6) is 0 Å². The molecule has 0 radical (unpaired) electrons. The molecule has 0 bridgehead atoms. The lowest BCUT2D eigenvalue weighted by molar-refractivity contribution is -0.131. The summed E-state index contributed by atoms with van der Waals surface area (Å²) in [5.74, 6) is -1.37. The zero-order valence-electron chi connectivity index (χ0n) is 17.3. The first-order valence-electron chi connectivity index (χ1n) is 10.3. The van der Waals surface area contributed by atoms with E-state index in [0.717, 1.165) is 28.3 Å². The Morgan fingerprint density at radius 2 is 1.68 bits per heavy atom. The number of carbonyl (C=O) groups is 3. The number of hydrogen-bond acceptors (Lipinski definition) is 4. The Labute approximate surface area is 181 Å². The molecule has 1 aliphatic rings. The monoisotopic (exact) mass is 422 g/mol. The fourth-order valence-electron chi connectivity index (χ4n) is 3.73. The molecule has 0 heterocycles. The van der Waals surface area contributed by atoms with Gasteiger partial charge in [-0.2, -0.15) is 0 Å². The van der Waals surface area contributed by atoms with Crippen molar-refractivity contribution in [1.82, 2.24) is 10.6 Å². The first kappa shape index (κ1) is 22.1. The third-order valence-corrected chi connectivity index (χ3v) is 5.27. The highest BCUT2D eigenvalue weighted by Crippen LogP contribution is 2.44. The number of carboxylic acids is 1. The number of benzene rings is 2. The molecule has 0 spiro atoms. The van der Waals surface area contributed by atoms with Crippen LogP contribution in [0.3, 0.4) is 0 Å². The van der Waals surface area contributed by atoms with Gasteiger partial charge in [-0.15, -0.1) is 0 Å². The number of ether oxygens (including phenoxy) is 1. The van der Waals surface area contributed by atoms with E-state index in [-0.39, 0.29) is 37.4 Å². The standard InChI is InChI=1S/C24H26N2O5/c1-2-16(14-22(27)25-13-7-12-23(28)29)26-24(30)31-15-21-19-10-5-3-8-17(19)18-9-4-6-11-20(18)21/h3-12,16,21H,2,13-15H2,1H3,(H,25,27)(H,26,30)(H,28,29)/b12-7+. The summed E-state index contributed by atoms with van der Waals surface area (Å²) in [5.41, 5.74) is 4.59. The van der Waals surface area contributed by atoms with Gasteiger partial charge in [0.25, 0.3) is 0 Å². The Bertz CT molecular complexity index is 940. The molecule has 162 valence electrons. The van der Waals surface area contributed by atoms with E-state index < -0.39 is 12.1 Å². The number of aliphatic carboxylic acids is 1. The average Bonchev–Trinajstić information content (AvgIpc) is 3.08. The van der Waals surface area contributed by atoms with Crippen molar-refractivity contribution in [1.29, 1.82) is 0 Å². The molecule has 0 saturated carbocycles. The van der Waals surface area contributed by atoms with Crippen LogP contribution in [0.1, 0.15) is 36.8 Å². The number of nitrogens with one attached hydrogen (secondary N) is 2. The summed E-state index contributed by atoms with van der Waals surface area (Å²) in [4.78, 5) is 34.8. The number of fused-ring (bicyclic) bond motifs is 3. The summed E-state index contributed by atoms with van der Waals surface area (Å²) in [6.07, 6.45) is 2.39. The minimum atomic E-state index is -1.07. The van der Waals surface area contributed by atoms with E-state index in [1.165, 1.54) is 6.08 Å². The third kappa shape index (κ3) is 5.72. The molecule has 1 aliphatic carbocycles. The maximum absolute atomic E-state index is 12.4. The van der Waals surface area contributed by atoms with Crippen LogP contribution in [-0.4, -0.2) is 42.3 Å². The van der Waals surface area contributed by atoms with E-state index in [1.807, 2.05) is 31.2 Å². The average molecular weight is 422 g/mol. The lowest BCUT2D eigenvalue weighted by atomic mass is 9.98. The number of carbonyl (C=O) groups excluding carboxylic acids is 2. The normalized spacial score (nSPS) is 13.3. The van der Waals surface area contributed by atoms with E-state index in [1.54, 1.807) is 0 Å². The maximum Gasteiger partial charge on any atom is 0.407 e. The van der Waals surface area contributed by atoms with Crippen molar-refractivity contribution in [3.8, 4) is 11.1 Å². The molecule has 0 fully saturated rings. The summed E-state index contributed by atoms with van der Waals surface area (Å²) in [5, 5.41) is 13.9. The molecule has 0 saturated heterocycles. The van der Waals surface area contributed by atoms with Crippen molar-refractivity contribution in [2.75, 3.05) is 13.2 Å². The van der Waals surface area contributed by atoms with Gasteiger partial charge in [0.1, 0.15) is 6.61 Å². The predicted molar refractivity (Wildman–Crippen MR) is 117 cm³/mol. The summed E-state index contributed by atoms with van der Waals surface area (Å²) in [7, 11) is 0. The molecule has 0 aromatic heterocycles. The molecule has 0 aliphatic heterocycles. The Morgan fingerprint density at radius 1 is 1.06 bits per heavy atom. The lowest BCUT2D eigenvalue weighted by Crippen LogP contribution is -2.39. The fourth-order valence-corrected chi connectivity index (χ4v) is 3.73. The quantitative estimate of drug-likeness (QED) is 0.537. The molecule has 1 atom stereocenters. The van der Waals surface area contributed by atoms with E-state index in [2.05, 4.69) is 34.9 Å². The minimum Gasteiger partial charge on any atom is -0.478 e. The number of hydrogen-bond donors (Lipinski definition) is 3. The van der Waals surface area contributed by atoms with Gasteiger partial charge in [-0.3, -0.25) is 4.79 Å². The van der Waals surface area contributed by atoms with Crippen molar-refractivity contribution >= 4 is 18.0 Å². The first-order valence-corrected chi connectivity index (χ1v) is 10.3. The van der Waals surface area contributed by atoms with Crippen molar-refractivity contribution < 1.29 is 24.2 Å². The minimum absolute atomic E-state index is 0.0254. The third-order valence-electron chi connectivity index (χ3n) is 5.27. The van der Waals surface area contributed by atoms with Gasteiger partial charge < -0.3 is 20.5 Å². The van der Waals surface area contributed by atoms with E-state index >= 15 is 0 Å². The van der Waals surface area contributed by atoms with Gasteiger partial charge >= 0.3 is 12.1 Å². The number of carboxylic acid groups (broad SMARTS) is 1. The summed E-state index contributed by atoms with van der Waals surface area (Å²) in [6.45, 7) is 2.20. The van der Waals surface area contributed by atoms with Crippen LogP contribution in [-0.2, 0) is 14.3 Å². The van der Waals surface area contributed by atoms with Crippen LogP contribution >= 0.6 is 0 Å². The molecule has 3 N–H and O–H groups in total. The number of rotatable bonds is 9. The highest BCUT2D eigenvalue weighted by Gasteiger charge is 2.29. The number of amides is 2. The van der Waals surface area contributed by atoms with Gasteiger partial charge in [0, 0.05) is 31.0 Å². The van der Waals surface area contributed by atoms with Crippen LogP contribution in [0.2, 0.25) is 0 Å². The SMILES string of the molecule is CCC(CC(=O)NC/C=C/C(=O)O)NC(=O)OCC1c2ccccc2-c2ccccc21. The Balaban J connectivity index is 1.52. The van der Waals surface area contributed by atoms with Crippen molar-refractivity contribution in [2.24, 2.45) is 0 Å². The largest absolute Gasteiger partial charge is 0.478 e. The molecule has 2 aromatic carbocycles. The van der Waals surface area contributed by atoms with Crippen LogP contribution in [0, 0.1) is 0 Å². The van der Waals surface area contributed by atoms with Crippen molar-refractivity contribution in [3.05, 3.63) is 71.8 Å². The Morgan fingerprint density at radius 3 is 2.26 bits per heavy atom. The van der Waals surface area contributed by atoms with Gasteiger partial charge in [0.15, 0.2) is 0 Å². The highest BCUT2D eigenvalue weighted by molar-refractivity contribution is 5.81. The number of alkyl carbamates (subject to hydrolysis) is 1. The predicted octanol–water partition coefficient (Wildman–Crippen LogP) is 3.45. The molecule has 31 heavy (non-hydrogen) atoms. The first-order chi connectivity index (χ1) is 15.0. The Hall–Kier alpha value is -3.61. The molecule has 3 rings (SSSR count). The van der Waals surface area contributed by atoms with Crippen LogP contribution in [0.4, 0.5) is 4.79 Å². The van der Waals surface area contributed by atoms with Gasteiger partial charge in [-0.1, -0.05) is 61.5 Å². The van der Waals surface area contributed by atoms with E-state index in [4.69, 9.17) is 9.84 Å². The second kappa shape index (κ2) is 10.4. The van der Waals surface area contributed by atoms with Crippen LogP contribution in [0.25, 0.3) is 11.1 Å². The van der Waals surface area contributed by atoms with E-state index in [0.29, 0.717) is 6.42 Å². The van der Waals surface area contributed by atoms with Gasteiger partial charge in [-0.05, 0) is 28.7 Å². The second-order valence-electron chi connectivity index (χ2n) is 7.32. The smallest absolute Gasteiger partial charge is 0.407 e. The van der Waals surface area contributed by atoms with Gasteiger partial charge in [0.05, 0.1) is 0 Å². The molecular formula is C24H26N2O5. The fraction of sp³-hybridized carbons (Fsp3) is 0.292. The zero-order chi connectivity index (χ0) is 22.2. The van der Waals surface area contributed by atoms with Crippen LogP contribution < -0.4 is 10.6 Å². The summed E-state index contributed by atoms with van der Waals surface area (Å²) in [6, 6.07) is 15.8. The van der Waals surface area contributed by atoms with Crippen molar-refractivity contribution in [3.63, 3.8) is 0 Å². The second-order valence-corrected chi connectivity index (χ2v) is 7.32. The summed E-state index contributed by atoms with van der Waals surface area (Å²) >= 11 is 0. The highest BCUT2D eigenvalue weighted by atomic mass is 16.5. The topological polar surface area (TPSA) is 105 Å². The summed E-state index contributed by atoms with van der Waals surface area (Å²) < 4.78 is 5.52. The molecule has 7 nitrogen and oxygen atoms in total. The molecule has 7 heteroatoms. The van der Waals surface area contributed by atoms with Gasteiger partial charge in [0.2, 0.25) is 5.91 Å². The molecule has 2 amide bonds. The molecule has 1 unspecified atom stereocenters. The van der Waals surface area contributed by atoms with Crippen molar-refractivity contribution in [2.45, 2.75) is 31.7 Å². The van der Waals surface area contributed by atoms with Gasteiger partial charge in [-0.25, -0.2) is 9.59 Å². The van der Waals surface area contributed by atoms with E-state index in [9.17, 15) is 14.4 Å². The molecular weight excluding hydrogens is 396 g/mol. The Kier molecular flexibility index (Phi) is 7.43. The van der Waals surface area contributed by atoms with Crippen LogP contribution in [0.15, 0.2) is 60.7 Å². The molecule has 2 aromatic rings.